The number of nitrogens with zero attached hydrogens (tertiary/aromatic N) is 2. The van der Waals surface area contributed by atoms with Crippen molar-refractivity contribution in [2.24, 2.45) is 0 Å². The van der Waals surface area contributed by atoms with Gasteiger partial charge in [-0.1, -0.05) is 12.1 Å². The van der Waals surface area contributed by atoms with E-state index in [-0.39, 0.29) is 23.8 Å². The van der Waals surface area contributed by atoms with Crippen LogP contribution in [0.2, 0.25) is 0 Å². The van der Waals surface area contributed by atoms with Crippen LogP contribution in [0.3, 0.4) is 0 Å². The summed E-state index contributed by atoms with van der Waals surface area (Å²) in [7, 11) is 0.962. The van der Waals surface area contributed by atoms with E-state index in [4.69, 9.17) is 0 Å². The number of halogens is 9. The summed E-state index contributed by atoms with van der Waals surface area (Å²) in [6, 6.07) is 5.14. The Labute approximate surface area is 194 Å². The molecule has 1 aromatic heterocycles. The molecular weight excluding hydrogens is 513 g/mol. The molecule has 15 heteroatoms. The minimum atomic E-state index is -5.39. The van der Waals surface area contributed by atoms with Crippen LogP contribution in [0.15, 0.2) is 53.3 Å². The second-order valence-corrected chi connectivity index (χ2v) is 7.03. The zero-order chi connectivity index (χ0) is 27.1. The lowest BCUT2D eigenvalue weighted by Gasteiger charge is -2.20. The van der Waals surface area contributed by atoms with E-state index in [1.165, 1.54) is 12.1 Å². The molecule has 0 atom stereocenters. The molecule has 0 saturated heterocycles. The van der Waals surface area contributed by atoms with Crippen molar-refractivity contribution in [3.05, 3.63) is 81.3 Å². The predicted molar refractivity (Wildman–Crippen MR) is 106 cm³/mol. The molecule has 0 fully saturated rings. The molecule has 0 aliphatic carbocycles. The summed E-state index contributed by atoms with van der Waals surface area (Å²) >= 11 is 0. The normalized spacial score (nSPS) is 12.4. The molecule has 0 bridgehead atoms. The van der Waals surface area contributed by atoms with E-state index in [1.807, 2.05) is 5.32 Å². The van der Waals surface area contributed by atoms with Gasteiger partial charge in [0.05, 0.1) is 35.2 Å². The molecule has 0 radical (unpaired) electrons. The van der Waals surface area contributed by atoms with Crippen molar-refractivity contribution in [1.29, 1.82) is 0 Å². The maximum atomic E-state index is 13.6. The Morgan fingerprint density at radius 3 is 2.08 bits per heavy atom. The lowest BCUT2D eigenvalue weighted by Crippen LogP contribution is -2.27. The number of para-hydroxylation sites is 1. The number of nitrogens with one attached hydrogen (secondary N) is 1. The van der Waals surface area contributed by atoms with Crippen LogP contribution in [0.25, 0.3) is 5.69 Å². The largest absolute Gasteiger partial charge is 0.465 e. The van der Waals surface area contributed by atoms with Crippen LogP contribution in [0.1, 0.15) is 27.2 Å². The maximum Gasteiger partial charge on any atom is 0.433 e. The fourth-order valence-corrected chi connectivity index (χ4v) is 3.08. The number of hydrogen-bond donors (Lipinski definition) is 1. The average molecular weight is 525 g/mol. The average Bonchev–Trinajstić information content (AvgIpc) is 2.76. The summed E-state index contributed by atoms with van der Waals surface area (Å²) in [6.07, 6.45) is -15.8. The molecule has 0 spiro atoms. The molecule has 3 rings (SSSR count). The summed E-state index contributed by atoms with van der Waals surface area (Å²) in [5.41, 5.74) is -8.75. The van der Waals surface area contributed by atoms with Crippen molar-refractivity contribution >= 4 is 17.6 Å². The number of benzene rings is 2. The summed E-state index contributed by atoms with van der Waals surface area (Å²) in [6.45, 7) is 0. The quantitative estimate of drug-likeness (QED) is 0.344. The lowest BCUT2D eigenvalue weighted by molar-refractivity contribution is -0.143. The fourth-order valence-electron chi connectivity index (χ4n) is 3.08. The molecule has 192 valence electrons. The van der Waals surface area contributed by atoms with Crippen LogP contribution in [0, 0.1) is 0 Å². The molecule has 0 aliphatic rings. The standard InChI is InChI=1S/C21H12F9N3O3/c1-36-17(35)11-4-2-3-5-14(11)33-16(34)9-15(21(28,29)30)32-18(33)31-13-7-6-10(19(22,23)24)8-12(13)20(25,26)27/h2-9H,1H3,(H,31,32). The van der Waals surface area contributed by atoms with Crippen LogP contribution in [-0.4, -0.2) is 22.6 Å². The Morgan fingerprint density at radius 1 is 0.889 bits per heavy atom. The first-order valence-electron chi connectivity index (χ1n) is 9.48. The van der Waals surface area contributed by atoms with Crippen molar-refractivity contribution in [3.63, 3.8) is 0 Å². The fraction of sp³-hybridized carbons (Fsp3) is 0.190. The third-order valence-corrected chi connectivity index (χ3v) is 4.66. The first kappa shape index (κ1) is 26.6. The third-order valence-electron chi connectivity index (χ3n) is 4.66. The Bertz CT molecular complexity index is 1360. The zero-order valence-corrected chi connectivity index (χ0v) is 17.6. The molecule has 6 nitrogen and oxygen atoms in total. The van der Waals surface area contributed by atoms with Crippen LogP contribution in [0.4, 0.5) is 51.1 Å². The van der Waals surface area contributed by atoms with Gasteiger partial charge in [-0.3, -0.25) is 4.79 Å². The summed E-state index contributed by atoms with van der Waals surface area (Å²) in [4.78, 5) is 28.0. The van der Waals surface area contributed by atoms with Gasteiger partial charge in [0.2, 0.25) is 5.95 Å². The van der Waals surface area contributed by atoms with Gasteiger partial charge < -0.3 is 10.1 Å². The number of aromatic nitrogens is 2. The molecule has 2 aromatic carbocycles. The van der Waals surface area contributed by atoms with E-state index in [0.29, 0.717) is 10.6 Å². The van der Waals surface area contributed by atoms with E-state index in [0.717, 1.165) is 19.2 Å². The number of esters is 1. The highest BCUT2D eigenvalue weighted by atomic mass is 19.4. The summed E-state index contributed by atoms with van der Waals surface area (Å²) in [5.74, 6) is -2.20. The van der Waals surface area contributed by atoms with Gasteiger partial charge in [0, 0.05) is 6.07 Å². The number of rotatable bonds is 4. The smallest absolute Gasteiger partial charge is 0.433 e. The van der Waals surface area contributed by atoms with E-state index >= 15 is 0 Å². The number of carbonyl (C=O) groups is 1. The van der Waals surface area contributed by atoms with Crippen LogP contribution in [-0.2, 0) is 23.3 Å². The van der Waals surface area contributed by atoms with Crippen LogP contribution >= 0.6 is 0 Å². The highest BCUT2D eigenvalue weighted by Crippen LogP contribution is 2.40. The van der Waals surface area contributed by atoms with Gasteiger partial charge in [-0.05, 0) is 30.3 Å². The lowest BCUT2D eigenvalue weighted by atomic mass is 10.1. The van der Waals surface area contributed by atoms with Crippen molar-refractivity contribution < 1.29 is 49.0 Å². The van der Waals surface area contributed by atoms with Gasteiger partial charge in [-0.2, -0.15) is 39.5 Å². The minimum Gasteiger partial charge on any atom is -0.465 e. The van der Waals surface area contributed by atoms with Gasteiger partial charge in [0.25, 0.3) is 5.56 Å². The molecule has 0 unspecified atom stereocenters. The Kier molecular flexibility index (Phi) is 6.79. The molecule has 0 amide bonds. The predicted octanol–water partition coefficient (Wildman–Crippen LogP) is 5.82. The van der Waals surface area contributed by atoms with Crippen LogP contribution in [0.5, 0.6) is 0 Å². The third kappa shape index (κ3) is 5.44. The number of methoxy groups -OCH3 is 1. The van der Waals surface area contributed by atoms with E-state index in [9.17, 15) is 49.1 Å². The van der Waals surface area contributed by atoms with Crippen molar-refractivity contribution in [2.75, 3.05) is 12.4 Å². The van der Waals surface area contributed by atoms with Gasteiger partial charge in [0.1, 0.15) is 0 Å². The summed E-state index contributed by atoms with van der Waals surface area (Å²) < 4.78 is 125. The molecule has 0 saturated carbocycles. The second kappa shape index (κ2) is 9.20. The van der Waals surface area contributed by atoms with Gasteiger partial charge in [0.15, 0.2) is 5.69 Å². The number of anilines is 2. The minimum absolute atomic E-state index is 0.0384. The van der Waals surface area contributed by atoms with Crippen molar-refractivity contribution in [3.8, 4) is 5.69 Å². The Balaban J connectivity index is 2.33. The topological polar surface area (TPSA) is 73.2 Å². The van der Waals surface area contributed by atoms with Crippen molar-refractivity contribution in [1.82, 2.24) is 9.55 Å². The number of hydrogen-bond acceptors (Lipinski definition) is 5. The molecular formula is C21H12F9N3O3. The van der Waals surface area contributed by atoms with E-state index in [1.54, 1.807) is 0 Å². The first-order chi connectivity index (χ1) is 16.5. The van der Waals surface area contributed by atoms with Gasteiger partial charge in [-0.15, -0.1) is 0 Å². The monoisotopic (exact) mass is 525 g/mol. The van der Waals surface area contributed by atoms with Crippen molar-refractivity contribution in [2.45, 2.75) is 18.5 Å². The SMILES string of the molecule is COC(=O)c1ccccc1-n1c(Nc2ccc(C(F)(F)F)cc2C(F)(F)F)nc(C(F)(F)F)cc1=O. The highest BCUT2D eigenvalue weighted by Gasteiger charge is 2.39. The molecule has 0 aliphatic heterocycles. The number of alkyl halides is 9. The highest BCUT2D eigenvalue weighted by molar-refractivity contribution is 5.93. The van der Waals surface area contributed by atoms with Crippen LogP contribution < -0.4 is 10.9 Å². The molecule has 36 heavy (non-hydrogen) atoms. The Hall–Kier alpha value is -4.04. The maximum absolute atomic E-state index is 13.6. The molecule has 1 N–H and O–H groups in total. The summed E-state index contributed by atoms with van der Waals surface area (Å²) in [5, 5.41) is 1.87. The molecule has 3 aromatic rings. The first-order valence-corrected chi connectivity index (χ1v) is 9.48. The van der Waals surface area contributed by atoms with Gasteiger partial charge >= 0.3 is 24.5 Å². The van der Waals surface area contributed by atoms with E-state index < -0.39 is 64.2 Å². The molecule has 1 heterocycles. The zero-order valence-electron chi connectivity index (χ0n) is 17.6. The second-order valence-electron chi connectivity index (χ2n) is 7.03. The van der Waals surface area contributed by atoms with E-state index in [2.05, 4.69) is 9.72 Å². The number of carbonyl (C=O) groups excluding carboxylic acids is 1. The number of ether oxygens (including phenoxy) is 1. The van der Waals surface area contributed by atoms with Gasteiger partial charge in [-0.25, -0.2) is 14.3 Å². The Morgan fingerprint density at radius 2 is 1.53 bits per heavy atom.